The van der Waals surface area contributed by atoms with E-state index in [1.807, 2.05) is 24.7 Å². The summed E-state index contributed by atoms with van der Waals surface area (Å²) in [5.41, 5.74) is 5.85. The van der Waals surface area contributed by atoms with E-state index in [-0.39, 0.29) is 0 Å². The third kappa shape index (κ3) is 4.02. The summed E-state index contributed by atoms with van der Waals surface area (Å²) >= 11 is 0. The summed E-state index contributed by atoms with van der Waals surface area (Å²) in [6.45, 7) is 6.17. The first kappa shape index (κ1) is 21.2. The molecule has 4 aromatic rings. The van der Waals surface area contributed by atoms with Gasteiger partial charge in [0, 0.05) is 18.4 Å². The fourth-order valence-electron chi connectivity index (χ4n) is 4.38. The second-order valence-corrected chi connectivity index (χ2v) is 9.06. The maximum atomic E-state index is 5.72. The van der Waals surface area contributed by atoms with Crippen LogP contribution in [0.15, 0.2) is 24.9 Å². The predicted molar refractivity (Wildman–Crippen MR) is 124 cm³/mol. The van der Waals surface area contributed by atoms with Crippen molar-refractivity contribution >= 4 is 11.2 Å². The molecule has 4 aromatic heterocycles. The van der Waals surface area contributed by atoms with Crippen LogP contribution in [0.2, 0.25) is 0 Å². The van der Waals surface area contributed by atoms with Crippen molar-refractivity contribution in [3.05, 3.63) is 41.9 Å². The zero-order chi connectivity index (χ0) is 23.1. The summed E-state index contributed by atoms with van der Waals surface area (Å²) < 4.78 is 15.3. The molecule has 1 saturated carbocycles. The Kier molecular flexibility index (Phi) is 5.44. The Morgan fingerprint density at radius 1 is 0.941 bits per heavy atom. The van der Waals surface area contributed by atoms with Gasteiger partial charge in [0.2, 0.25) is 5.88 Å². The third-order valence-corrected chi connectivity index (χ3v) is 6.56. The minimum absolute atomic E-state index is 0.316. The molecule has 0 spiro atoms. The molecule has 1 saturated heterocycles. The lowest BCUT2D eigenvalue weighted by Gasteiger charge is -2.21. The van der Waals surface area contributed by atoms with Gasteiger partial charge >= 0.3 is 0 Å². The lowest BCUT2D eigenvalue weighted by molar-refractivity contribution is 0.0149. The van der Waals surface area contributed by atoms with E-state index in [0.29, 0.717) is 35.6 Å². The number of hydrogen-bond donors (Lipinski definition) is 0. The van der Waals surface area contributed by atoms with Crippen molar-refractivity contribution in [3.8, 4) is 17.1 Å². The minimum Gasteiger partial charge on any atom is -0.475 e. The van der Waals surface area contributed by atoms with Crippen molar-refractivity contribution < 1.29 is 9.47 Å². The van der Waals surface area contributed by atoms with Gasteiger partial charge in [-0.3, -0.25) is 4.68 Å². The maximum absolute atomic E-state index is 5.72. The van der Waals surface area contributed by atoms with E-state index in [1.54, 1.807) is 6.20 Å². The van der Waals surface area contributed by atoms with Crippen molar-refractivity contribution in [2.24, 2.45) is 0 Å². The molecular weight excluding hydrogens is 432 g/mol. The van der Waals surface area contributed by atoms with Crippen LogP contribution >= 0.6 is 0 Å². The lowest BCUT2D eigenvalue weighted by atomic mass is 10.0. The van der Waals surface area contributed by atoms with Gasteiger partial charge in [-0.15, -0.1) is 0 Å². The number of aryl methyl sites for hydroxylation is 2. The van der Waals surface area contributed by atoms with Crippen LogP contribution < -0.4 is 4.74 Å². The number of rotatable bonds is 3. The fraction of sp³-hybridized carbons (Fsp3) is 0.500. The van der Waals surface area contributed by atoms with Crippen LogP contribution in [0.25, 0.3) is 22.4 Å². The Bertz CT molecular complexity index is 1320. The highest BCUT2D eigenvalue weighted by Crippen LogP contribution is 2.36. The molecule has 34 heavy (non-hydrogen) atoms. The van der Waals surface area contributed by atoms with Crippen LogP contribution in [-0.2, 0) is 11.3 Å². The van der Waals surface area contributed by atoms with E-state index in [2.05, 4.69) is 41.0 Å². The van der Waals surface area contributed by atoms with E-state index >= 15 is 0 Å². The van der Waals surface area contributed by atoms with Gasteiger partial charge in [-0.05, 0) is 46.0 Å². The second-order valence-electron chi connectivity index (χ2n) is 9.06. The van der Waals surface area contributed by atoms with Crippen LogP contribution in [-0.4, -0.2) is 52.7 Å². The molecule has 0 bridgehead atoms. The Balaban J connectivity index is 0.000000136. The summed E-state index contributed by atoms with van der Waals surface area (Å²) in [6, 6.07) is 0.687. The highest BCUT2D eigenvalue weighted by Gasteiger charge is 2.26. The number of aromatic nitrogens is 8. The molecule has 1 aliphatic carbocycles. The Morgan fingerprint density at radius 2 is 1.82 bits per heavy atom. The zero-order valence-corrected chi connectivity index (χ0v) is 19.5. The van der Waals surface area contributed by atoms with E-state index in [1.165, 1.54) is 37.6 Å². The van der Waals surface area contributed by atoms with Gasteiger partial charge in [-0.25, -0.2) is 24.6 Å². The maximum Gasteiger partial charge on any atom is 0.221 e. The topological polar surface area (TPSA) is 106 Å². The smallest absolute Gasteiger partial charge is 0.221 e. The molecule has 1 atom stereocenters. The highest BCUT2D eigenvalue weighted by molar-refractivity contribution is 5.88. The van der Waals surface area contributed by atoms with Gasteiger partial charge in [-0.2, -0.15) is 10.2 Å². The summed E-state index contributed by atoms with van der Waals surface area (Å²) in [6.07, 6.45) is 14.0. The third-order valence-electron chi connectivity index (χ3n) is 6.56. The largest absolute Gasteiger partial charge is 0.475 e. The summed E-state index contributed by atoms with van der Waals surface area (Å²) in [5, 5.41) is 8.69. The molecule has 10 nitrogen and oxygen atoms in total. The molecule has 2 fully saturated rings. The highest BCUT2D eigenvalue weighted by atomic mass is 16.5. The van der Waals surface area contributed by atoms with Gasteiger partial charge in [-0.1, -0.05) is 0 Å². The average molecular weight is 461 g/mol. The minimum atomic E-state index is 0.316. The van der Waals surface area contributed by atoms with Crippen LogP contribution in [0.1, 0.15) is 61.2 Å². The van der Waals surface area contributed by atoms with Crippen molar-refractivity contribution in [2.45, 2.75) is 64.6 Å². The normalized spacial score (nSPS) is 19.4. The van der Waals surface area contributed by atoms with Gasteiger partial charge < -0.3 is 9.47 Å². The summed E-state index contributed by atoms with van der Waals surface area (Å²) in [4.78, 5) is 17.6. The van der Waals surface area contributed by atoms with Crippen LogP contribution in [0.4, 0.5) is 0 Å². The van der Waals surface area contributed by atoms with E-state index in [4.69, 9.17) is 9.47 Å². The van der Waals surface area contributed by atoms with Crippen molar-refractivity contribution in [2.75, 3.05) is 13.2 Å². The first-order valence-electron chi connectivity index (χ1n) is 12.0. The number of hydrogen-bond acceptors (Lipinski definition) is 8. The fourth-order valence-corrected chi connectivity index (χ4v) is 4.38. The molecule has 6 heterocycles. The predicted octanol–water partition coefficient (Wildman–Crippen LogP) is 3.75. The molecule has 0 amide bonds. The zero-order valence-electron chi connectivity index (χ0n) is 19.5. The Hall–Kier alpha value is -3.40. The Morgan fingerprint density at radius 3 is 2.65 bits per heavy atom. The van der Waals surface area contributed by atoms with E-state index in [9.17, 15) is 0 Å². The molecule has 7 rings (SSSR count). The molecule has 3 aliphatic rings. The first-order valence-corrected chi connectivity index (χ1v) is 12.0. The molecule has 10 heteroatoms. The number of ether oxygens (including phenoxy) is 2. The molecule has 0 aromatic carbocycles. The average Bonchev–Trinajstić information content (AvgIpc) is 3.23. The van der Waals surface area contributed by atoms with Crippen molar-refractivity contribution in [3.63, 3.8) is 0 Å². The number of fused-ring (bicyclic) bond motifs is 2. The summed E-state index contributed by atoms with van der Waals surface area (Å²) in [5.74, 6) is 0.741. The number of nitrogens with zero attached hydrogens (tertiary/aromatic N) is 8. The first-order chi connectivity index (χ1) is 16.7. The van der Waals surface area contributed by atoms with Crippen LogP contribution in [0, 0.1) is 13.8 Å². The lowest BCUT2D eigenvalue weighted by Crippen LogP contribution is -2.10. The van der Waals surface area contributed by atoms with Gasteiger partial charge in [0.05, 0.1) is 48.0 Å². The molecule has 0 unspecified atom stereocenters. The molecular formula is C24H28N8O2. The molecule has 0 radical (unpaired) electrons. The SMILES string of the molecule is Cc1nc2ncnc(-c3cnn4c3OCC4)c2nc1C.c1nn(C2CC2)cc1[C@H]1CCCCO1. The standard InChI is InChI=1S/C13H12N6O.C11H16N2O/c1-7-8(2)18-12-11(17-7)10(14-6-15-12)9-5-16-19-3-4-20-13(9)19;1-2-6-14-11(3-1)9-7-12-13(8-9)10-4-5-10/h5-6H,3-4H2,1-2H3;7-8,10-11H,1-6H2/t;11-/m.1/s1. The van der Waals surface area contributed by atoms with Crippen molar-refractivity contribution in [1.82, 2.24) is 39.5 Å². The molecule has 2 aliphatic heterocycles. The van der Waals surface area contributed by atoms with Gasteiger partial charge in [0.15, 0.2) is 5.65 Å². The Labute approximate surface area is 197 Å². The van der Waals surface area contributed by atoms with E-state index < -0.39 is 0 Å². The van der Waals surface area contributed by atoms with Gasteiger partial charge in [0.1, 0.15) is 24.1 Å². The second kappa shape index (κ2) is 8.75. The van der Waals surface area contributed by atoms with Crippen LogP contribution in [0.5, 0.6) is 5.88 Å². The molecule has 176 valence electrons. The van der Waals surface area contributed by atoms with Crippen molar-refractivity contribution in [1.29, 1.82) is 0 Å². The summed E-state index contributed by atoms with van der Waals surface area (Å²) in [7, 11) is 0. The quantitative estimate of drug-likeness (QED) is 0.455. The van der Waals surface area contributed by atoms with E-state index in [0.717, 1.165) is 42.4 Å². The van der Waals surface area contributed by atoms with Gasteiger partial charge in [0.25, 0.3) is 0 Å². The van der Waals surface area contributed by atoms with Crippen LogP contribution in [0.3, 0.4) is 0 Å². The monoisotopic (exact) mass is 460 g/mol. The molecule has 0 N–H and O–H groups in total.